The molecule has 0 bridgehead atoms. The lowest BCUT2D eigenvalue weighted by molar-refractivity contribution is 0.415. The quantitative estimate of drug-likeness (QED) is 0.623. The Labute approximate surface area is 74.4 Å². The van der Waals surface area contributed by atoms with E-state index in [2.05, 4.69) is 0 Å². The van der Waals surface area contributed by atoms with Crippen LogP contribution in [-0.2, 0) is 0 Å². The third-order valence-corrected chi connectivity index (χ3v) is 1.77. The maximum absolute atomic E-state index is 7.84. The van der Waals surface area contributed by atoms with Gasteiger partial charge in [0.2, 0.25) is 0 Å². The Morgan fingerprint density at radius 2 is 1.92 bits per heavy atom. The van der Waals surface area contributed by atoms with Crippen LogP contribution in [-0.4, -0.2) is 7.11 Å². The minimum absolute atomic E-state index is 0.260. The van der Waals surface area contributed by atoms with Gasteiger partial charge in [-0.15, -0.1) is 0 Å². The van der Waals surface area contributed by atoms with Crippen molar-refractivity contribution in [2.45, 2.75) is 0 Å². The third kappa shape index (κ3) is 1.14. The van der Waals surface area contributed by atoms with Crippen LogP contribution in [0.3, 0.4) is 0 Å². The van der Waals surface area contributed by atoms with Gasteiger partial charge in [0, 0.05) is 0 Å². The smallest absolute Gasteiger partial charge is 0.119 e. The highest BCUT2D eigenvalue weighted by Gasteiger charge is 1.93. The van der Waals surface area contributed by atoms with Gasteiger partial charge in [-0.05, 0) is 22.9 Å². The summed E-state index contributed by atoms with van der Waals surface area (Å²) in [5.41, 5.74) is 0. The molecule has 0 spiro atoms. The predicted molar refractivity (Wildman–Crippen MR) is 50.5 cm³/mol. The molecule has 0 aliphatic carbocycles. The lowest BCUT2D eigenvalue weighted by atomic mass is 10.1. The van der Waals surface area contributed by atoms with Gasteiger partial charge in [-0.3, -0.25) is 0 Å². The van der Waals surface area contributed by atoms with E-state index in [9.17, 15) is 0 Å². The first kappa shape index (κ1) is 5.20. The molecule has 0 amide bonds. The largest absolute Gasteiger partial charge is 0.497 e. The summed E-state index contributed by atoms with van der Waals surface area (Å²) < 4.78 is 20.5. The van der Waals surface area contributed by atoms with Crippen LogP contribution in [0.15, 0.2) is 42.4 Å². The van der Waals surface area contributed by atoms with E-state index in [0.29, 0.717) is 5.75 Å². The maximum Gasteiger partial charge on any atom is 0.119 e. The topological polar surface area (TPSA) is 9.23 Å². The Hall–Kier alpha value is -1.50. The van der Waals surface area contributed by atoms with E-state index in [0.717, 1.165) is 10.8 Å². The summed E-state index contributed by atoms with van der Waals surface area (Å²) in [6.07, 6.45) is 0. The van der Waals surface area contributed by atoms with E-state index in [1.54, 1.807) is 6.07 Å². The first-order valence-electron chi connectivity index (χ1n) is 4.77. The Morgan fingerprint density at radius 3 is 2.67 bits per heavy atom. The Balaban J connectivity index is 2.86. The van der Waals surface area contributed by atoms with Crippen molar-refractivity contribution in [3.05, 3.63) is 42.4 Å². The van der Waals surface area contributed by atoms with Crippen LogP contribution in [0, 0.1) is 0 Å². The van der Waals surface area contributed by atoms with E-state index in [-0.39, 0.29) is 12.1 Å². The normalized spacial score (nSPS) is 12.4. The van der Waals surface area contributed by atoms with E-state index in [1.165, 1.54) is 7.11 Å². The molecule has 0 aliphatic rings. The van der Waals surface area contributed by atoms with Gasteiger partial charge in [-0.25, -0.2) is 0 Å². The zero-order valence-corrected chi connectivity index (χ0v) is 6.79. The van der Waals surface area contributed by atoms with Crippen LogP contribution in [0.5, 0.6) is 5.75 Å². The fourth-order valence-electron chi connectivity index (χ4n) is 1.15. The van der Waals surface area contributed by atoms with Crippen molar-refractivity contribution >= 4 is 10.8 Å². The van der Waals surface area contributed by atoms with Gasteiger partial charge in [0.25, 0.3) is 0 Å². The summed E-state index contributed by atoms with van der Waals surface area (Å²) in [6.45, 7) is 0. The van der Waals surface area contributed by atoms with Crippen LogP contribution in [0.4, 0.5) is 0 Å². The fraction of sp³-hybridized carbons (Fsp3) is 0.0909. The van der Waals surface area contributed by atoms with Gasteiger partial charge in [0.15, 0.2) is 0 Å². The van der Waals surface area contributed by atoms with E-state index >= 15 is 0 Å². The van der Waals surface area contributed by atoms with Gasteiger partial charge in [0.1, 0.15) is 5.75 Å². The average molecular weight is 160 g/mol. The SMILES string of the molecule is [2H]c1cc2ccccc2c([2H])c1OC. The molecule has 2 aromatic carbocycles. The zero-order chi connectivity index (χ0) is 10.1. The number of benzene rings is 2. The first-order valence-corrected chi connectivity index (χ1v) is 3.77. The van der Waals surface area contributed by atoms with E-state index in [4.69, 9.17) is 7.48 Å². The summed E-state index contributed by atoms with van der Waals surface area (Å²) in [4.78, 5) is 0. The van der Waals surface area contributed by atoms with Crippen molar-refractivity contribution < 1.29 is 7.48 Å². The summed E-state index contributed by atoms with van der Waals surface area (Å²) in [5.74, 6) is 0.337. The van der Waals surface area contributed by atoms with Crippen molar-refractivity contribution in [1.29, 1.82) is 0 Å². The van der Waals surface area contributed by atoms with Crippen molar-refractivity contribution in [3.63, 3.8) is 0 Å². The minimum atomic E-state index is 0.260. The highest BCUT2D eigenvalue weighted by molar-refractivity contribution is 5.83. The Kier molecular flexibility index (Phi) is 1.24. The van der Waals surface area contributed by atoms with Crippen LogP contribution >= 0.6 is 0 Å². The lowest BCUT2D eigenvalue weighted by Gasteiger charge is -2.00. The second-order valence-corrected chi connectivity index (χ2v) is 2.53. The molecule has 1 heteroatoms. The summed E-state index contributed by atoms with van der Waals surface area (Å²) in [6, 6.07) is 9.79. The number of rotatable bonds is 1. The van der Waals surface area contributed by atoms with E-state index in [1.807, 2.05) is 24.3 Å². The molecule has 0 saturated carbocycles. The van der Waals surface area contributed by atoms with Gasteiger partial charge in [0.05, 0.1) is 9.85 Å². The molecule has 0 radical (unpaired) electrons. The van der Waals surface area contributed by atoms with Crippen molar-refractivity contribution in [3.8, 4) is 5.75 Å². The third-order valence-electron chi connectivity index (χ3n) is 1.77. The molecule has 2 aromatic rings. The highest BCUT2D eigenvalue weighted by Crippen LogP contribution is 2.19. The molecule has 0 aliphatic heterocycles. The lowest BCUT2D eigenvalue weighted by Crippen LogP contribution is -1.81. The maximum atomic E-state index is 7.84. The predicted octanol–water partition coefficient (Wildman–Crippen LogP) is 2.85. The zero-order valence-electron chi connectivity index (χ0n) is 8.79. The molecular weight excluding hydrogens is 148 g/mol. The van der Waals surface area contributed by atoms with E-state index < -0.39 is 0 Å². The molecular formula is C11H10O. The Bertz CT molecular complexity index is 480. The summed E-state index contributed by atoms with van der Waals surface area (Å²) in [5, 5.41) is 1.73. The number of methoxy groups -OCH3 is 1. The first-order chi connectivity index (χ1) is 6.74. The monoisotopic (exact) mass is 160 g/mol. The molecule has 0 aromatic heterocycles. The average Bonchev–Trinajstić information content (AvgIpc) is 2.18. The summed E-state index contributed by atoms with van der Waals surface area (Å²) in [7, 11) is 1.49. The Morgan fingerprint density at radius 1 is 1.17 bits per heavy atom. The molecule has 0 unspecified atom stereocenters. The second-order valence-electron chi connectivity index (χ2n) is 2.53. The molecule has 60 valence electrons. The van der Waals surface area contributed by atoms with Crippen LogP contribution in [0.1, 0.15) is 2.74 Å². The summed E-state index contributed by atoms with van der Waals surface area (Å²) >= 11 is 0. The van der Waals surface area contributed by atoms with Crippen LogP contribution < -0.4 is 4.74 Å². The molecule has 0 heterocycles. The minimum Gasteiger partial charge on any atom is -0.497 e. The number of hydrogen-bond donors (Lipinski definition) is 0. The molecule has 2 rings (SSSR count). The molecule has 12 heavy (non-hydrogen) atoms. The second kappa shape index (κ2) is 2.86. The number of ether oxygens (including phenoxy) is 1. The van der Waals surface area contributed by atoms with Crippen molar-refractivity contribution in [2.75, 3.05) is 7.11 Å². The van der Waals surface area contributed by atoms with Crippen LogP contribution in [0.25, 0.3) is 10.8 Å². The van der Waals surface area contributed by atoms with Gasteiger partial charge >= 0.3 is 0 Å². The molecule has 0 atom stereocenters. The van der Waals surface area contributed by atoms with Gasteiger partial charge < -0.3 is 4.74 Å². The number of fused-ring (bicyclic) bond motifs is 1. The molecule has 1 nitrogen and oxygen atoms in total. The molecule has 0 N–H and O–H groups in total. The standard InChI is InChI=1S/C11H10O/c1-12-11-7-6-9-4-2-3-5-10(9)8-11/h2-8H,1H3/i7D,8D. The fourth-order valence-corrected chi connectivity index (χ4v) is 1.15. The van der Waals surface area contributed by atoms with Gasteiger partial charge in [-0.2, -0.15) is 0 Å². The number of hydrogen-bond acceptors (Lipinski definition) is 1. The van der Waals surface area contributed by atoms with Crippen molar-refractivity contribution in [1.82, 2.24) is 0 Å². The van der Waals surface area contributed by atoms with Gasteiger partial charge in [-0.1, -0.05) is 30.3 Å². The van der Waals surface area contributed by atoms with Crippen LogP contribution in [0.2, 0.25) is 0 Å². The van der Waals surface area contributed by atoms with Crippen molar-refractivity contribution in [2.24, 2.45) is 0 Å². The molecule has 0 saturated heterocycles. The molecule has 0 fully saturated rings. The highest BCUT2D eigenvalue weighted by atomic mass is 16.5.